The minimum Gasteiger partial charge on any atom is -0.379 e. The van der Waals surface area contributed by atoms with Gasteiger partial charge >= 0.3 is 0 Å². The van der Waals surface area contributed by atoms with Crippen LogP contribution >= 0.6 is 24.0 Å². The number of guanidine groups is 1. The van der Waals surface area contributed by atoms with Crippen molar-refractivity contribution in [2.75, 3.05) is 32.8 Å². The highest BCUT2D eigenvalue weighted by Crippen LogP contribution is 2.13. The molecule has 2 aromatic rings. The molecule has 1 heterocycles. The summed E-state index contributed by atoms with van der Waals surface area (Å²) < 4.78 is 5.48. The lowest BCUT2D eigenvalue weighted by molar-refractivity contribution is 0.0341. The van der Waals surface area contributed by atoms with Crippen LogP contribution in [0.3, 0.4) is 0 Å². The molecule has 0 aromatic heterocycles. The number of nitrogens with zero attached hydrogens (tertiary/aromatic N) is 2. The zero-order valence-corrected chi connectivity index (χ0v) is 20.5. The summed E-state index contributed by atoms with van der Waals surface area (Å²) in [6.45, 7) is 11.2. The van der Waals surface area contributed by atoms with Crippen molar-refractivity contribution in [3.05, 3.63) is 70.8 Å². The Kier molecular flexibility index (Phi) is 11.2. The summed E-state index contributed by atoms with van der Waals surface area (Å²) in [5, 5.41) is 6.89. The van der Waals surface area contributed by atoms with E-state index in [4.69, 9.17) is 9.73 Å². The molecule has 0 saturated carbocycles. The van der Waals surface area contributed by atoms with Crippen molar-refractivity contribution >= 4 is 29.9 Å². The van der Waals surface area contributed by atoms with Gasteiger partial charge in [0.15, 0.2) is 5.96 Å². The maximum atomic E-state index is 5.48. The predicted octanol–water partition coefficient (Wildman–Crippen LogP) is 3.95. The second kappa shape index (κ2) is 13.6. The van der Waals surface area contributed by atoms with E-state index in [2.05, 4.69) is 77.9 Å². The molecule has 1 fully saturated rings. The Morgan fingerprint density at radius 1 is 0.900 bits per heavy atom. The fourth-order valence-electron chi connectivity index (χ4n) is 3.63. The number of morpholine rings is 1. The first kappa shape index (κ1) is 24.6. The number of aryl methyl sites for hydroxylation is 1. The van der Waals surface area contributed by atoms with Crippen molar-refractivity contribution in [1.29, 1.82) is 0 Å². The molecule has 0 radical (unpaired) electrons. The molecule has 1 saturated heterocycles. The monoisotopic (exact) mass is 522 g/mol. The van der Waals surface area contributed by atoms with Gasteiger partial charge in [-0.05, 0) is 35.6 Å². The quantitative estimate of drug-likeness (QED) is 0.313. The minimum atomic E-state index is 0. The van der Waals surface area contributed by atoms with Crippen LogP contribution < -0.4 is 10.6 Å². The van der Waals surface area contributed by atoms with Crippen LogP contribution in [0.4, 0.5) is 0 Å². The number of hydrogen-bond donors (Lipinski definition) is 2. The molecule has 0 spiro atoms. The van der Waals surface area contributed by atoms with Crippen molar-refractivity contribution in [3.63, 3.8) is 0 Å². The second-order valence-corrected chi connectivity index (χ2v) is 7.33. The summed E-state index contributed by atoms with van der Waals surface area (Å²) in [5.41, 5.74) is 5.34. The van der Waals surface area contributed by atoms with Crippen LogP contribution in [0.1, 0.15) is 36.1 Å². The normalized spacial score (nSPS) is 14.8. The van der Waals surface area contributed by atoms with Crippen molar-refractivity contribution in [2.45, 2.75) is 39.9 Å². The molecule has 0 bridgehead atoms. The molecule has 1 aliphatic heterocycles. The van der Waals surface area contributed by atoms with E-state index in [-0.39, 0.29) is 24.0 Å². The first-order valence-electron chi connectivity index (χ1n) is 10.8. The summed E-state index contributed by atoms with van der Waals surface area (Å²) >= 11 is 0. The number of nitrogens with one attached hydrogen (secondary N) is 2. The van der Waals surface area contributed by atoms with Crippen molar-refractivity contribution in [1.82, 2.24) is 15.5 Å². The van der Waals surface area contributed by atoms with E-state index in [1.54, 1.807) is 0 Å². The fraction of sp³-hybridized carbons (Fsp3) is 0.458. The van der Waals surface area contributed by atoms with Gasteiger partial charge in [0, 0.05) is 32.7 Å². The van der Waals surface area contributed by atoms with Crippen LogP contribution in [-0.4, -0.2) is 43.7 Å². The van der Waals surface area contributed by atoms with Gasteiger partial charge in [0.2, 0.25) is 0 Å². The number of benzene rings is 2. The molecular weight excluding hydrogens is 487 g/mol. The molecule has 3 rings (SSSR count). The van der Waals surface area contributed by atoms with Gasteiger partial charge in [-0.25, -0.2) is 4.99 Å². The standard InChI is InChI=1S/C24H34N4O.HI/c1-3-20-9-5-6-10-21(20)17-26-24(25-4-2)27-18-22-11-7-8-12-23(22)19-28-13-15-29-16-14-28;/h5-12H,3-4,13-19H2,1-2H3,(H2,25,26,27);1H. The van der Waals surface area contributed by atoms with Gasteiger partial charge in [-0.1, -0.05) is 55.5 Å². The van der Waals surface area contributed by atoms with E-state index in [0.29, 0.717) is 6.54 Å². The molecule has 5 nitrogen and oxygen atoms in total. The van der Waals surface area contributed by atoms with Gasteiger partial charge in [-0.15, -0.1) is 24.0 Å². The van der Waals surface area contributed by atoms with Crippen LogP contribution in [0.5, 0.6) is 0 Å². The Hall–Kier alpha value is -1.64. The summed E-state index contributed by atoms with van der Waals surface area (Å²) in [4.78, 5) is 7.28. The van der Waals surface area contributed by atoms with Gasteiger partial charge in [-0.2, -0.15) is 0 Å². The smallest absolute Gasteiger partial charge is 0.191 e. The summed E-state index contributed by atoms with van der Waals surface area (Å²) in [6, 6.07) is 17.2. The highest BCUT2D eigenvalue weighted by molar-refractivity contribution is 14.0. The van der Waals surface area contributed by atoms with Gasteiger partial charge in [-0.3, -0.25) is 4.90 Å². The predicted molar refractivity (Wildman–Crippen MR) is 135 cm³/mol. The molecule has 1 aliphatic rings. The van der Waals surface area contributed by atoms with Gasteiger partial charge in [0.25, 0.3) is 0 Å². The average Bonchev–Trinajstić information content (AvgIpc) is 2.77. The molecule has 2 N–H and O–H groups in total. The maximum absolute atomic E-state index is 5.48. The molecule has 30 heavy (non-hydrogen) atoms. The largest absolute Gasteiger partial charge is 0.379 e. The van der Waals surface area contributed by atoms with Gasteiger partial charge in [0.05, 0.1) is 19.8 Å². The zero-order chi connectivity index (χ0) is 20.3. The molecule has 0 unspecified atom stereocenters. The second-order valence-electron chi connectivity index (χ2n) is 7.33. The van der Waals surface area contributed by atoms with E-state index in [1.807, 2.05) is 0 Å². The zero-order valence-electron chi connectivity index (χ0n) is 18.2. The Labute approximate surface area is 198 Å². The molecule has 6 heteroatoms. The molecule has 0 atom stereocenters. The van der Waals surface area contributed by atoms with Crippen LogP contribution in [0.25, 0.3) is 0 Å². The fourth-order valence-corrected chi connectivity index (χ4v) is 3.63. The van der Waals surface area contributed by atoms with Crippen LogP contribution in [0, 0.1) is 0 Å². The number of rotatable bonds is 8. The average molecular weight is 522 g/mol. The van der Waals surface area contributed by atoms with E-state index in [0.717, 1.165) is 58.3 Å². The number of halogens is 1. The van der Waals surface area contributed by atoms with Crippen LogP contribution in [-0.2, 0) is 30.8 Å². The highest BCUT2D eigenvalue weighted by atomic mass is 127. The lowest BCUT2D eigenvalue weighted by Gasteiger charge is -2.27. The summed E-state index contributed by atoms with van der Waals surface area (Å²) in [6.07, 6.45) is 1.03. The Balaban J connectivity index is 0.00000320. The molecular formula is C24H35IN4O. The van der Waals surface area contributed by atoms with E-state index >= 15 is 0 Å². The molecule has 0 aliphatic carbocycles. The highest BCUT2D eigenvalue weighted by Gasteiger charge is 2.12. The van der Waals surface area contributed by atoms with Crippen LogP contribution in [0.15, 0.2) is 53.5 Å². The Bertz CT molecular complexity index is 790. The third-order valence-corrected chi connectivity index (χ3v) is 5.31. The summed E-state index contributed by atoms with van der Waals surface area (Å²) in [5.74, 6) is 0.861. The van der Waals surface area contributed by atoms with Gasteiger partial charge in [0.1, 0.15) is 0 Å². The lowest BCUT2D eigenvalue weighted by atomic mass is 10.1. The topological polar surface area (TPSA) is 48.9 Å². The molecule has 164 valence electrons. The van der Waals surface area contributed by atoms with Crippen LogP contribution in [0.2, 0.25) is 0 Å². The van der Waals surface area contributed by atoms with E-state index < -0.39 is 0 Å². The van der Waals surface area contributed by atoms with E-state index in [9.17, 15) is 0 Å². The number of aliphatic imine (C=N–C) groups is 1. The third kappa shape index (κ3) is 7.56. The maximum Gasteiger partial charge on any atom is 0.191 e. The SMILES string of the molecule is CCNC(=NCc1ccccc1CC)NCc1ccccc1CN1CCOCC1.I. The first-order valence-corrected chi connectivity index (χ1v) is 10.8. The third-order valence-electron chi connectivity index (χ3n) is 5.31. The molecule has 0 amide bonds. The number of hydrogen-bond acceptors (Lipinski definition) is 3. The number of ether oxygens (including phenoxy) is 1. The Morgan fingerprint density at radius 3 is 2.20 bits per heavy atom. The minimum absolute atomic E-state index is 0. The van der Waals surface area contributed by atoms with Crippen molar-refractivity contribution < 1.29 is 4.74 Å². The Morgan fingerprint density at radius 2 is 1.53 bits per heavy atom. The summed E-state index contributed by atoms with van der Waals surface area (Å²) in [7, 11) is 0. The molecule has 2 aromatic carbocycles. The van der Waals surface area contributed by atoms with Crippen molar-refractivity contribution in [3.8, 4) is 0 Å². The van der Waals surface area contributed by atoms with E-state index in [1.165, 1.54) is 22.3 Å². The van der Waals surface area contributed by atoms with Crippen molar-refractivity contribution in [2.24, 2.45) is 4.99 Å². The van der Waals surface area contributed by atoms with Gasteiger partial charge < -0.3 is 15.4 Å². The lowest BCUT2D eigenvalue weighted by Crippen LogP contribution is -2.38. The first-order chi connectivity index (χ1) is 14.3.